The van der Waals surface area contributed by atoms with Crippen LogP contribution >= 0.6 is 23.2 Å². The molecule has 6 heteroatoms. The summed E-state index contributed by atoms with van der Waals surface area (Å²) in [6, 6.07) is 20.9. The van der Waals surface area contributed by atoms with Crippen LogP contribution in [0.4, 0.5) is 0 Å². The maximum Gasteiger partial charge on any atom is 0.243 e. The zero-order valence-corrected chi connectivity index (χ0v) is 23.7. The van der Waals surface area contributed by atoms with Crippen LogP contribution in [0.2, 0.25) is 10.0 Å². The van der Waals surface area contributed by atoms with Gasteiger partial charge in [-0.05, 0) is 55.5 Å². The molecular weight excluding hydrogens is 515 g/mol. The minimum absolute atomic E-state index is 0.0965. The van der Waals surface area contributed by atoms with Gasteiger partial charge in [0.2, 0.25) is 11.8 Å². The van der Waals surface area contributed by atoms with Crippen molar-refractivity contribution in [3.8, 4) is 0 Å². The smallest absolute Gasteiger partial charge is 0.243 e. The van der Waals surface area contributed by atoms with E-state index in [1.165, 1.54) is 6.42 Å². The topological polar surface area (TPSA) is 49.4 Å². The summed E-state index contributed by atoms with van der Waals surface area (Å²) < 4.78 is 0. The summed E-state index contributed by atoms with van der Waals surface area (Å²) in [5.41, 5.74) is 5.00. The third-order valence-electron chi connectivity index (χ3n) is 7.20. The Morgan fingerprint density at radius 3 is 2.18 bits per heavy atom. The van der Waals surface area contributed by atoms with Crippen LogP contribution in [0.15, 0.2) is 66.7 Å². The molecule has 2 amide bonds. The predicted molar refractivity (Wildman–Crippen MR) is 156 cm³/mol. The number of nitrogens with zero attached hydrogens (tertiary/aromatic N) is 1. The van der Waals surface area contributed by atoms with Crippen LogP contribution in [-0.4, -0.2) is 28.8 Å². The Labute approximate surface area is 236 Å². The van der Waals surface area contributed by atoms with E-state index in [1.54, 1.807) is 17.0 Å². The van der Waals surface area contributed by atoms with Gasteiger partial charge in [0.25, 0.3) is 0 Å². The van der Waals surface area contributed by atoms with Gasteiger partial charge in [0.1, 0.15) is 6.04 Å². The second kappa shape index (κ2) is 13.3. The van der Waals surface area contributed by atoms with Gasteiger partial charge < -0.3 is 10.2 Å². The van der Waals surface area contributed by atoms with Crippen molar-refractivity contribution in [3.63, 3.8) is 0 Å². The molecule has 1 aliphatic rings. The standard InChI is InChI=1S/C32H36Cl2N2O2/c1-22-15-23(2)17-26(16-22)20-31(37)36(21-25-13-14-28(33)29(34)18-25)30(19-24-9-5-3-6-10-24)32(38)35-27-11-7-4-8-12-27/h3,5-6,9-10,13-18,27,30H,4,7-8,11-12,19-21H2,1-2H3,(H,35,38). The zero-order valence-electron chi connectivity index (χ0n) is 22.2. The molecule has 1 unspecified atom stereocenters. The summed E-state index contributed by atoms with van der Waals surface area (Å²) in [5.74, 6) is -0.199. The van der Waals surface area contributed by atoms with Crippen molar-refractivity contribution in [3.05, 3.63) is 105 Å². The second-order valence-corrected chi connectivity index (χ2v) is 11.3. The van der Waals surface area contributed by atoms with Gasteiger partial charge in [-0.1, -0.05) is 108 Å². The second-order valence-electron chi connectivity index (χ2n) is 10.5. The normalized spacial score (nSPS) is 14.6. The van der Waals surface area contributed by atoms with Gasteiger partial charge >= 0.3 is 0 Å². The van der Waals surface area contributed by atoms with Crippen LogP contribution in [0.1, 0.15) is 59.9 Å². The summed E-state index contributed by atoms with van der Waals surface area (Å²) in [6.45, 7) is 4.32. The lowest BCUT2D eigenvalue weighted by Crippen LogP contribution is -2.53. The maximum atomic E-state index is 14.0. The molecule has 3 aromatic carbocycles. The molecular formula is C32H36Cl2N2O2. The van der Waals surface area contributed by atoms with Crippen LogP contribution in [-0.2, 0) is 29.0 Å². The molecule has 0 radical (unpaired) electrons. The molecule has 1 saturated carbocycles. The number of nitrogens with one attached hydrogen (secondary N) is 1. The number of hydrogen-bond donors (Lipinski definition) is 1. The largest absolute Gasteiger partial charge is 0.352 e. The minimum atomic E-state index is -0.660. The van der Waals surface area contributed by atoms with Gasteiger partial charge in [-0.2, -0.15) is 0 Å². The van der Waals surface area contributed by atoms with Crippen LogP contribution in [0.3, 0.4) is 0 Å². The van der Waals surface area contributed by atoms with Gasteiger partial charge in [0.15, 0.2) is 0 Å². The monoisotopic (exact) mass is 550 g/mol. The number of benzene rings is 3. The molecule has 200 valence electrons. The molecule has 38 heavy (non-hydrogen) atoms. The first-order valence-corrected chi connectivity index (χ1v) is 14.2. The van der Waals surface area contributed by atoms with Crippen LogP contribution in [0.25, 0.3) is 0 Å². The molecule has 0 bridgehead atoms. The molecule has 0 spiro atoms. The van der Waals surface area contributed by atoms with Crippen molar-refractivity contribution in [1.29, 1.82) is 0 Å². The van der Waals surface area contributed by atoms with Crippen LogP contribution < -0.4 is 5.32 Å². The summed E-state index contributed by atoms with van der Waals surface area (Å²) in [7, 11) is 0. The van der Waals surface area contributed by atoms with E-state index in [1.807, 2.05) is 62.4 Å². The van der Waals surface area contributed by atoms with E-state index in [0.717, 1.165) is 53.5 Å². The Balaban J connectivity index is 1.68. The quantitative estimate of drug-likeness (QED) is 0.305. The highest BCUT2D eigenvalue weighted by molar-refractivity contribution is 6.42. The predicted octanol–water partition coefficient (Wildman–Crippen LogP) is 7.24. The molecule has 4 rings (SSSR count). The fourth-order valence-electron chi connectivity index (χ4n) is 5.38. The van der Waals surface area contributed by atoms with E-state index in [-0.39, 0.29) is 30.8 Å². The van der Waals surface area contributed by atoms with E-state index in [2.05, 4.69) is 11.4 Å². The first-order chi connectivity index (χ1) is 18.3. The Kier molecular flexibility index (Phi) is 9.87. The number of hydrogen-bond acceptors (Lipinski definition) is 2. The van der Waals surface area contributed by atoms with Gasteiger partial charge in [-0.3, -0.25) is 9.59 Å². The Morgan fingerprint density at radius 2 is 1.53 bits per heavy atom. The molecule has 0 aromatic heterocycles. The average molecular weight is 552 g/mol. The fourth-order valence-corrected chi connectivity index (χ4v) is 5.70. The summed E-state index contributed by atoms with van der Waals surface area (Å²) in [5, 5.41) is 4.17. The van der Waals surface area contributed by atoms with Crippen molar-refractivity contribution in [2.45, 2.75) is 77.4 Å². The lowest BCUT2D eigenvalue weighted by atomic mass is 9.94. The van der Waals surface area contributed by atoms with Crippen molar-refractivity contribution in [2.24, 2.45) is 0 Å². The number of amides is 2. The number of rotatable bonds is 9. The molecule has 1 aliphatic carbocycles. The average Bonchev–Trinajstić information content (AvgIpc) is 2.88. The van der Waals surface area contributed by atoms with E-state index < -0.39 is 6.04 Å². The molecule has 3 aromatic rings. The maximum absolute atomic E-state index is 14.0. The minimum Gasteiger partial charge on any atom is -0.352 e. The summed E-state index contributed by atoms with van der Waals surface area (Å²) in [4.78, 5) is 29.6. The Hall–Kier alpha value is -2.82. The van der Waals surface area contributed by atoms with Gasteiger partial charge in [-0.25, -0.2) is 0 Å². The van der Waals surface area contributed by atoms with Gasteiger partial charge in [0, 0.05) is 19.0 Å². The molecule has 4 nitrogen and oxygen atoms in total. The third-order valence-corrected chi connectivity index (χ3v) is 7.94. The molecule has 1 atom stereocenters. The first kappa shape index (κ1) is 28.2. The fraction of sp³-hybridized carbons (Fsp3) is 0.375. The SMILES string of the molecule is Cc1cc(C)cc(CC(=O)N(Cc2ccc(Cl)c(Cl)c2)C(Cc2ccccc2)C(=O)NC2CCCCC2)c1. The molecule has 0 aliphatic heterocycles. The number of carbonyl (C=O) groups excluding carboxylic acids is 2. The molecule has 0 saturated heterocycles. The third kappa shape index (κ3) is 7.85. The van der Waals surface area contributed by atoms with Gasteiger partial charge in [-0.15, -0.1) is 0 Å². The molecule has 1 N–H and O–H groups in total. The van der Waals surface area contributed by atoms with Crippen LogP contribution in [0, 0.1) is 13.8 Å². The van der Waals surface area contributed by atoms with Gasteiger partial charge in [0.05, 0.1) is 16.5 Å². The lowest BCUT2D eigenvalue weighted by molar-refractivity contribution is -0.141. The Morgan fingerprint density at radius 1 is 0.842 bits per heavy atom. The molecule has 0 heterocycles. The van der Waals surface area contributed by atoms with Crippen LogP contribution in [0.5, 0.6) is 0 Å². The van der Waals surface area contributed by atoms with Crippen molar-refractivity contribution in [2.75, 3.05) is 0 Å². The van der Waals surface area contributed by atoms with E-state index in [0.29, 0.717) is 16.5 Å². The van der Waals surface area contributed by atoms with Crippen molar-refractivity contribution < 1.29 is 9.59 Å². The zero-order chi connectivity index (χ0) is 27.1. The number of carbonyl (C=O) groups is 2. The van der Waals surface area contributed by atoms with E-state index >= 15 is 0 Å². The number of halogens is 2. The van der Waals surface area contributed by atoms with Crippen molar-refractivity contribution >= 4 is 35.0 Å². The summed E-state index contributed by atoms with van der Waals surface area (Å²) in [6.07, 6.45) is 6.04. The molecule has 1 fully saturated rings. The summed E-state index contributed by atoms with van der Waals surface area (Å²) >= 11 is 12.5. The first-order valence-electron chi connectivity index (χ1n) is 13.4. The number of aryl methyl sites for hydroxylation is 2. The highest BCUT2D eigenvalue weighted by atomic mass is 35.5. The highest BCUT2D eigenvalue weighted by Gasteiger charge is 2.32. The highest BCUT2D eigenvalue weighted by Crippen LogP contribution is 2.25. The van der Waals surface area contributed by atoms with E-state index in [9.17, 15) is 9.59 Å². The van der Waals surface area contributed by atoms with Crippen molar-refractivity contribution in [1.82, 2.24) is 10.2 Å². The lowest BCUT2D eigenvalue weighted by Gasteiger charge is -2.33. The van der Waals surface area contributed by atoms with E-state index in [4.69, 9.17) is 23.2 Å². The Bertz CT molecular complexity index is 1240.